The molecule has 0 unspecified atom stereocenters. The largest absolute Gasteiger partial charge is 0.355 e. The fourth-order valence-electron chi connectivity index (χ4n) is 5.99. The molecule has 4 aliphatic rings. The molecule has 4 bridgehead atoms. The molecular formula is C20H28F2N4O2. The average molecular weight is 394 g/mol. The van der Waals surface area contributed by atoms with Crippen molar-refractivity contribution >= 4 is 11.8 Å². The molecule has 0 saturated heterocycles. The molecule has 154 valence electrons. The Morgan fingerprint density at radius 2 is 1.86 bits per heavy atom. The Morgan fingerprint density at radius 3 is 2.43 bits per heavy atom. The van der Waals surface area contributed by atoms with E-state index in [4.69, 9.17) is 0 Å². The van der Waals surface area contributed by atoms with Crippen molar-refractivity contribution in [3.63, 3.8) is 0 Å². The molecule has 8 heteroatoms. The molecule has 1 aromatic rings. The Kier molecular flexibility index (Phi) is 5.14. The van der Waals surface area contributed by atoms with Gasteiger partial charge in [0.05, 0.1) is 6.54 Å². The molecule has 2 amide bonds. The maximum Gasteiger partial charge on any atom is 0.319 e. The van der Waals surface area contributed by atoms with Gasteiger partial charge in [-0.2, -0.15) is 8.78 Å². The highest BCUT2D eigenvalue weighted by atomic mass is 19.3. The zero-order valence-electron chi connectivity index (χ0n) is 16.2. The maximum atomic E-state index is 12.9. The fraction of sp³-hybridized carbons (Fsp3) is 0.750. The SMILES string of the molecule is CN(Cc1nccn1C(F)F)C(=O)CCNC(=O)C12CC3CC(CC(C3)C1)C2. The zero-order valence-corrected chi connectivity index (χ0v) is 16.2. The lowest BCUT2D eigenvalue weighted by molar-refractivity contribution is -0.146. The van der Waals surface area contributed by atoms with Crippen molar-refractivity contribution in [2.24, 2.45) is 23.2 Å². The van der Waals surface area contributed by atoms with Gasteiger partial charge in [0.15, 0.2) is 0 Å². The van der Waals surface area contributed by atoms with Gasteiger partial charge in [-0.15, -0.1) is 0 Å². The molecule has 4 saturated carbocycles. The van der Waals surface area contributed by atoms with Gasteiger partial charge in [0.2, 0.25) is 11.8 Å². The normalized spacial score (nSPS) is 30.6. The number of hydrogen-bond acceptors (Lipinski definition) is 3. The molecule has 4 aliphatic carbocycles. The number of halogens is 2. The monoisotopic (exact) mass is 394 g/mol. The molecule has 28 heavy (non-hydrogen) atoms. The molecule has 6 nitrogen and oxygen atoms in total. The van der Waals surface area contributed by atoms with E-state index in [1.807, 2.05) is 0 Å². The Hall–Kier alpha value is -1.99. The van der Waals surface area contributed by atoms with Crippen LogP contribution in [0.2, 0.25) is 0 Å². The maximum absolute atomic E-state index is 12.9. The van der Waals surface area contributed by atoms with Gasteiger partial charge >= 0.3 is 6.55 Å². The van der Waals surface area contributed by atoms with Crippen LogP contribution in [-0.4, -0.2) is 39.9 Å². The highest BCUT2D eigenvalue weighted by Crippen LogP contribution is 2.60. The fourth-order valence-corrected chi connectivity index (χ4v) is 5.99. The van der Waals surface area contributed by atoms with E-state index in [2.05, 4.69) is 10.3 Å². The Labute approximate surface area is 163 Å². The van der Waals surface area contributed by atoms with Gasteiger partial charge in [0.1, 0.15) is 5.82 Å². The lowest BCUT2D eigenvalue weighted by Gasteiger charge is -2.55. The van der Waals surface area contributed by atoms with Crippen molar-refractivity contribution in [1.29, 1.82) is 0 Å². The number of carbonyl (C=O) groups is 2. The molecule has 4 fully saturated rings. The van der Waals surface area contributed by atoms with Crippen LogP contribution in [0.3, 0.4) is 0 Å². The van der Waals surface area contributed by atoms with Crippen LogP contribution in [0.15, 0.2) is 12.4 Å². The molecule has 0 spiro atoms. The summed E-state index contributed by atoms with van der Waals surface area (Å²) in [5.41, 5.74) is -0.217. The third-order valence-electron chi connectivity index (χ3n) is 6.91. The molecule has 0 aliphatic heterocycles. The summed E-state index contributed by atoms with van der Waals surface area (Å²) in [5, 5.41) is 2.99. The summed E-state index contributed by atoms with van der Waals surface area (Å²) >= 11 is 0. The van der Waals surface area contributed by atoms with Gasteiger partial charge in [-0.25, -0.2) is 4.98 Å². The van der Waals surface area contributed by atoms with E-state index in [1.165, 1.54) is 36.6 Å². The standard InChI is InChI=1S/C20H28F2N4O2/c1-25(12-16-23-4-5-26(16)19(21)22)17(27)2-3-24-18(28)20-9-13-6-14(10-20)8-15(7-13)11-20/h4-5,13-15,19H,2-3,6-12H2,1H3,(H,24,28). The number of nitrogens with one attached hydrogen (secondary N) is 1. The van der Waals surface area contributed by atoms with E-state index >= 15 is 0 Å². The third-order valence-corrected chi connectivity index (χ3v) is 6.91. The molecule has 0 aromatic carbocycles. The van der Waals surface area contributed by atoms with Gasteiger partial charge in [0.25, 0.3) is 0 Å². The van der Waals surface area contributed by atoms with Crippen molar-refractivity contribution < 1.29 is 18.4 Å². The predicted octanol–water partition coefficient (Wildman–Crippen LogP) is 2.96. The Morgan fingerprint density at radius 1 is 1.25 bits per heavy atom. The van der Waals surface area contributed by atoms with Crippen molar-refractivity contribution in [2.45, 2.75) is 58.0 Å². The summed E-state index contributed by atoms with van der Waals surface area (Å²) in [6, 6.07) is 0. The molecular weight excluding hydrogens is 366 g/mol. The number of amides is 2. The van der Waals surface area contributed by atoms with E-state index in [0.29, 0.717) is 17.8 Å². The van der Waals surface area contributed by atoms with Gasteiger partial charge in [-0.05, 0) is 56.3 Å². The van der Waals surface area contributed by atoms with Gasteiger partial charge in [-0.3, -0.25) is 14.2 Å². The average Bonchev–Trinajstić information content (AvgIpc) is 3.08. The first-order valence-electron chi connectivity index (χ1n) is 10.2. The van der Waals surface area contributed by atoms with Crippen molar-refractivity contribution in [3.05, 3.63) is 18.2 Å². The number of hydrogen-bond donors (Lipinski definition) is 1. The first kappa shape index (κ1) is 19.3. The van der Waals surface area contributed by atoms with Crippen molar-refractivity contribution in [1.82, 2.24) is 19.8 Å². The van der Waals surface area contributed by atoms with E-state index < -0.39 is 6.55 Å². The van der Waals surface area contributed by atoms with Gasteiger partial charge < -0.3 is 10.2 Å². The summed E-state index contributed by atoms with van der Waals surface area (Å²) < 4.78 is 26.5. The van der Waals surface area contributed by atoms with Crippen LogP contribution < -0.4 is 5.32 Å². The molecule has 0 radical (unpaired) electrons. The second-order valence-electron chi connectivity index (χ2n) is 8.98. The van der Waals surface area contributed by atoms with Crippen LogP contribution >= 0.6 is 0 Å². The molecule has 1 N–H and O–H groups in total. The van der Waals surface area contributed by atoms with E-state index in [-0.39, 0.29) is 42.6 Å². The third kappa shape index (κ3) is 3.65. The Balaban J connectivity index is 1.26. The summed E-state index contributed by atoms with van der Waals surface area (Å²) in [7, 11) is 1.56. The summed E-state index contributed by atoms with van der Waals surface area (Å²) in [4.78, 5) is 30.5. The summed E-state index contributed by atoms with van der Waals surface area (Å²) in [6.07, 6.45) is 9.48. The van der Waals surface area contributed by atoms with E-state index in [0.717, 1.165) is 23.8 Å². The first-order valence-corrected chi connectivity index (χ1v) is 10.2. The number of imidazole rings is 1. The van der Waals surface area contributed by atoms with Gasteiger partial charge in [0, 0.05) is 37.8 Å². The molecule has 0 atom stereocenters. The van der Waals surface area contributed by atoms with Crippen LogP contribution in [0.25, 0.3) is 0 Å². The quantitative estimate of drug-likeness (QED) is 0.773. The minimum absolute atomic E-state index is 0.0130. The lowest BCUT2D eigenvalue weighted by Crippen LogP contribution is -2.53. The second kappa shape index (κ2) is 7.44. The van der Waals surface area contributed by atoms with Crippen LogP contribution in [0.5, 0.6) is 0 Å². The second-order valence-corrected chi connectivity index (χ2v) is 8.98. The first-order chi connectivity index (χ1) is 13.4. The molecule has 1 aromatic heterocycles. The number of carbonyl (C=O) groups excluding carboxylic acids is 2. The number of rotatable bonds is 7. The smallest absolute Gasteiger partial charge is 0.319 e. The summed E-state index contributed by atoms with van der Waals surface area (Å²) in [6.45, 7) is -2.38. The number of alkyl halides is 2. The van der Waals surface area contributed by atoms with Crippen LogP contribution in [-0.2, 0) is 16.1 Å². The minimum atomic E-state index is -2.68. The van der Waals surface area contributed by atoms with Crippen LogP contribution in [0.4, 0.5) is 8.78 Å². The Bertz CT molecular complexity index is 713. The zero-order chi connectivity index (χ0) is 19.9. The highest BCUT2D eigenvalue weighted by Gasteiger charge is 2.54. The van der Waals surface area contributed by atoms with Crippen molar-refractivity contribution in [2.75, 3.05) is 13.6 Å². The topological polar surface area (TPSA) is 67.2 Å². The van der Waals surface area contributed by atoms with Crippen LogP contribution in [0, 0.1) is 23.2 Å². The number of aromatic nitrogens is 2. The van der Waals surface area contributed by atoms with Gasteiger partial charge in [-0.1, -0.05) is 0 Å². The molecule has 1 heterocycles. The minimum Gasteiger partial charge on any atom is -0.355 e. The van der Waals surface area contributed by atoms with Crippen molar-refractivity contribution in [3.8, 4) is 0 Å². The number of nitrogens with zero attached hydrogens (tertiary/aromatic N) is 3. The highest BCUT2D eigenvalue weighted by molar-refractivity contribution is 5.84. The van der Waals surface area contributed by atoms with E-state index in [9.17, 15) is 18.4 Å². The molecule has 5 rings (SSSR count). The van der Waals surface area contributed by atoms with E-state index in [1.54, 1.807) is 7.05 Å². The lowest BCUT2D eigenvalue weighted by atomic mass is 9.49. The predicted molar refractivity (Wildman–Crippen MR) is 98.2 cm³/mol. The summed E-state index contributed by atoms with van der Waals surface area (Å²) in [5.74, 6) is 2.14. The van der Waals surface area contributed by atoms with Crippen LogP contribution in [0.1, 0.15) is 57.3 Å².